The summed E-state index contributed by atoms with van der Waals surface area (Å²) in [5.74, 6) is -0.233. The summed E-state index contributed by atoms with van der Waals surface area (Å²) in [6, 6.07) is 6.21. The number of aliphatic hydroxyl groups is 1. The molecule has 2 rings (SSSR count). The molecule has 19 heavy (non-hydrogen) atoms. The summed E-state index contributed by atoms with van der Waals surface area (Å²) in [5.41, 5.74) is 0.934. The zero-order valence-corrected chi connectivity index (χ0v) is 12.0. The van der Waals surface area contributed by atoms with Gasteiger partial charge in [-0.25, -0.2) is 4.39 Å². The van der Waals surface area contributed by atoms with Crippen LogP contribution < -0.4 is 0 Å². The molecular weight excluding hydrogens is 330 g/mol. The van der Waals surface area contributed by atoms with Crippen LogP contribution in [0.3, 0.4) is 0 Å². The van der Waals surface area contributed by atoms with Crippen molar-refractivity contribution in [3.63, 3.8) is 0 Å². The van der Waals surface area contributed by atoms with Crippen LogP contribution in [0.25, 0.3) is 0 Å². The minimum absolute atomic E-state index is 0. The van der Waals surface area contributed by atoms with Crippen LogP contribution in [0.15, 0.2) is 24.3 Å². The van der Waals surface area contributed by atoms with E-state index in [9.17, 15) is 4.39 Å². The molecule has 10 radical (unpaired) electrons. The van der Waals surface area contributed by atoms with Gasteiger partial charge in [0.1, 0.15) is 5.82 Å². The fourth-order valence-corrected chi connectivity index (χ4v) is 1.20. The molecule has 1 aliphatic rings. The van der Waals surface area contributed by atoms with Crippen molar-refractivity contribution in [2.75, 3.05) is 6.61 Å². The van der Waals surface area contributed by atoms with Gasteiger partial charge in [-0.1, -0.05) is 12.1 Å². The van der Waals surface area contributed by atoms with Gasteiger partial charge in [0, 0.05) is 26.1 Å². The van der Waals surface area contributed by atoms with Gasteiger partial charge in [0.15, 0.2) is 0 Å². The van der Waals surface area contributed by atoms with E-state index in [2.05, 4.69) is 0 Å². The Morgan fingerprint density at radius 3 is 1.89 bits per heavy atom. The molecule has 0 bridgehead atoms. The van der Waals surface area contributed by atoms with Crippen molar-refractivity contribution in [1.29, 1.82) is 0 Å². The second-order valence-corrected chi connectivity index (χ2v) is 3.48. The molecule has 1 N–H and O–H groups in total. The number of aliphatic hydroxyl groups excluding tert-OH is 1. The predicted molar refractivity (Wildman–Crippen MR) is 71.3 cm³/mol. The first kappa shape index (κ1) is 18.7. The maximum Gasteiger partial charge on any atom is 0.123 e. The van der Waals surface area contributed by atoms with Gasteiger partial charge in [0.2, 0.25) is 0 Å². The maximum atomic E-state index is 12.5. The van der Waals surface area contributed by atoms with E-state index in [4.69, 9.17) is 5.11 Å². The van der Waals surface area contributed by atoms with Crippen LogP contribution in [-0.2, 0) is 19.5 Å². The Balaban J connectivity index is 0.000000454. The molecule has 1 fully saturated rings. The Hall–Kier alpha value is -0.267. The van der Waals surface area contributed by atoms with Crippen molar-refractivity contribution < 1.29 is 29.0 Å². The van der Waals surface area contributed by atoms with E-state index in [1.54, 1.807) is 31.4 Å². The topological polar surface area (TPSA) is 20.2 Å². The van der Waals surface area contributed by atoms with Crippen molar-refractivity contribution in [3.8, 4) is 0 Å². The molecule has 102 valence electrons. The molecule has 1 saturated carbocycles. The third-order valence-electron chi connectivity index (χ3n) is 2.07. The molecule has 1 aliphatic carbocycles. The fraction of sp³-hybridized carbons (Fsp3) is 0.0625. The fourth-order valence-electron chi connectivity index (χ4n) is 1.20. The van der Waals surface area contributed by atoms with Crippen LogP contribution in [0.4, 0.5) is 4.39 Å². The Morgan fingerprint density at radius 2 is 1.42 bits per heavy atom. The normalized spacial score (nSPS) is 13.4. The van der Waals surface area contributed by atoms with E-state index in [-0.39, 0.29) is 31.9 Å². The first-order valence-corrected chi connectivity index (χ1v) is 5.69. The molecule has 0 atom stereocenters. The molecule has 1 aromatic rings. The quantitative estimate of drug-likeness (QED) is 0.642. The predicted octanol–water partition coefficient (Wildman–Crippen LogP) is 3.00. The molecule has 0 amide bonds. The third-order valence-corrected chi connectivity index (χ3v) is 2.07. The SMILES string of the molecule is OC[CH][CH][CH][CH]c1ccc(F)cc1.[CH]1[CH][CH][CH][CH]1.[Rh]. The minimum Gasteiger partial charge on any atom is -0.396 e. The van der Waals surface area contributed by atoms with Crippen LogP contribution >= 0.6 is 0 Å². The van der Waals surface area contributed by atoms with Crippen LogP contribution in [0.1, 0.15) is 5.56 Å². The van der Waals surface area contributed by atoms with Crippen molar-refractivity contribution in [2.45, 2.75) is 0 Å². The van der Waals surface area contributed by atoms with Crippen LogP contribution in [0, 0.1) is 63.6 Å². The molecule has 1 aromatic carbocycles. The maximum absolute atomic E-state index is 12.5. The van der Waals surface area contributed by atoms with Gasteiger partial charge in [0.05, 0.1) is 0 Å². The van der Waals surface area contributed by atoms with Crippen molar-refractivity contribution in [3.05, 3.63) is 93.4 Å². The first-order valence-electron chi connectivity index (χ1n) is 5.69. The molecule has 0 spiro atoms. The first-order chi connectivity index (χ1) is 8.83. The Bertz CT molecular complexity index is 289. The summed E-state index contributed by atoms with van der Waals surface area (Å²) >= 11 is 0. The van der Waals surface area contributed by atoms with E-state index in [0.29, 0.717) is 0 Å². The summed E-state index contributed by atoms with van der Waals surface area (Å²) in [6.45, 7) is 0.0355. The number of halogens is 1. The van der Waals surface area contributed by atoms with E-state index in [0.717, 1.165) is 5.56 Å². The Kier molecular flexibility index (Phi) is 12.6. The molecular formula is C16H16FORh. The minimum atomic E-state index is -0.233. The van der Waals surface area contributed by atoms with Crippen LogP contribution in [-0.4, -0.2) is 11.7 Å². The third kappa shape index (κ3) is 10.2. The van der Waals surface area contributed by atoms with E-state index >= 15 is 0 Å². The zero-order valence-electron chi connectivity index (χ0n) is 10.4. The summed E-state index contributed by atoms with van der Waals surface area (Å²) < 4.78 is 12.5. The average Bonchev–Trinajstić information content (AvgIpc) is 2.96. The van der Waals surface area contributed by atoms with Crippen molar-refractivity contribution in [2.24, 2.45) is 0 Å². The molecule has 0 aliphatic heterocycles. The second kappa shape index (κ2) is 12.8. The van der Waals surface area contributed by atoms with Crippen molar-refractivity contribution in [1.82, 2.24) is 0 Å². The number of hydrogen-bond acceptors (Lipinski definition) is 1. The Labute approximate surface area is 129 Å². The summed E-state index contributed by atoms with van der Waals surface area (Å²) in [4.78, 5) is 0. The molecule has 1 nitrogen and oxygen atoms in total. The van der Waals surface area contributed by atoms with Gasteiger partial charge in [-0.15, -0.1) is 0 Å². The van der Waals surface area contributed by atoms with Gasteiger partial charge >= 0.3 is 0 Å². The molecule has 3 heteroatoms. The van der Waals surface area contributed by atoms with Gasteiger partial charge in [-0.05, 0) is 75.5 Å². The van der Waals surface area contributed by atoms with Crippen LogP contribution in [0.2, 0.25) is 0 Å². The number of unbranched alkanes of at least 4 members (excludes halogenated alkanes) is 2. The number of rotatable bonds is 5. The van der Waals surface area contributed by atoms with Gasteiger partial charge in [0.25, 0.3) is 0 Å². The molecule has 0 saturated heterocycles. The zero-order chi connectivity index (χ0) is 13.1. The summed E-state index contributed by atoms with van der Waals surface area (Å²) in [6.07, 6.45) is 17.0. The summed E-state index contributed by atoms with van der Waals surface area (Å²) in [5, 5.41) is 8.43. The van der Waals surface area contributed by atoms with Gasteiger partial charge in [-0.2, -0.15) is 0 Å². The molecule has 0 aromatic heterocycles. The summed E-state index contributed by atoms with van der Waals surface area (Å²) in [7, 11) is 0. The second-order valence-electron chi connectivity index (χ2n) is 3.48. The largest absolute Gasteiger partial charge is 0.396 e. The van der Waals surface area contributed by atoms with E-state index in [1.807, 2.05) is 38.5 Å². The van der Waals surface area contributed by atoms with Crippen molar-refractivity contribution >= 4 is 0 Å². The number of benzene rings is 1. The number of hydrogen-bond donors (Lipinski definition) is 1. The molecule has 0 unspecified atom stereocenters. The average molecular weight is 346 g/mol. The standard InChI is InChI=1S/C11H11FO.C5H5.Rh/c12-11-7-5-10(6-8-11)4-2-1-3-9-13;1-2-4-5-3-1;/h1-8,13H,9H2;1-5H;. The Morgan fingerprint density at radius 1 is 0.895 bits per heavy atom. The van der Waals surface area contributed by atoms with Gasteiger partial charge < -0.3 is 5.11 Å². The molecule has 0 heterocycles. The smallest absolute Gasteiger partial charge is 0.123 e. The van der Waals surface area contributed by atoms with E-state index in [1.165, 1.54) is 12.1 Å². The van der Waals surface area contributed by atoms with E-state index < -0.39 is 0 Å². The van der Waals surface area contributed by atoms with Crippen LogP contribution in [0.5, 0.6) is 0 Å². The van der Waals surface area contributed by atoms with Gasteiger partial charge in [-0.3, -0.25) is 0 Å². The monoisotopic (exact) mass is 346 g/mol.